The number of carbonyl (C=O) groups excluding carboxylic acids is 1. The van der Waals surface area contributed by atoms with Crippen LogP contribution in [-0.2, 0) is 16.3 Å². The second-order valence-corrected chi connectivity index (χ2v) is 9.21. The van der Waals surface area contributed by atoms with E-state index in [-0.39, 0.29) is 10.5 Å². The molecule has 1 amide bonds. The van der Waals surface area contributed by atoms with Crippen molar-refractivity contribution in [2.24, 2.45) is 5.92 Å². The Labute approximate surface area is 159 Å². The van der Waals surface area contributed by atoms with Gasteiger partial charge < -0.3 is 9.73 Å². The number of hydrogen-bond donors (Lipinski definition) is 1. The third kappa shape index (κ3) is 5.29. The van der Waals surface area contributed by atoms with Gasteiger partial charge in [0.1, 0.15) is 11.3 Å². The minimum atomic E-state index is -3.41. The molecule has 0 aliphatic heterocycles. The first-order valence-electron chi connectivity index (χ1n) is 8.74. The number of sulfone groups is 1. The summed E-state index contributed by atoms with van der Waals surface area (Å²) in [6, 6.07) is 6.18. The van der Waals surface area contributed by atoms with Gasteiger partial charge in [0.05, 0.1) is 4.90 Å². The zero-order valence-corrected chi connectivity index (χ0v) is 17.1. The van der Waals surface area contributed by atoms with Crippen LogP contribution < -0.4 is 10.9 Å². The minimum absolute atomic E-state index is 0.0764. The lowest BCUT2D eigenvalue weighted by Gasteiger charge is -2.11. The predicted molar refractivity (Wildman–Crippen MR) is 105 cm³/mol. The molecule has 0 radical (unpaired) electrons. The van der Waals surface area contributed by atoms with Crippen LogP contribution in [-0.4, -0.2) is 20.6 Å². The number of carbonyl (C=O) groups is 1. The SMILES string of the molecule is Cc1ccc(S(C)(=O)=O)cc1NC(=O)c1c(C)cc(CCC(C)C)oc1=O. The average molecular weight is 391 g/mol. The topological polar surface area (TPSA) is 93.4 Å². The highest BCUT2D eigenvalue weighted by Crippen LogP contribution is 2.21. The van der Waals surface area contributed by atoms with E-state index in [1.807, 2.05) is 0 Å². The molecule has 1 aromatic heterocycles. The Morgan fingerprint density at radius 2 is 1.81 bits per heavy atom. The standard InChI is InChI=1S/C20H25NO5S/c1-12(2)6-8-15-10-14(4)18(20(23)26-15)19(22)21-17-11-16(27(5,24)25)9-7-13(17)3/h7,9-12H,6,8H2,1-5H3,(H,21,22). The molecule has 0 aliphatic carbocycles. The first-order valence-corrected chi connectivity index (χ1v) is 10.6. The van der Waals surface area contributed by atoms with Gasteiger partial charge in [-0.3, -0.25) is 4.79 Å². The Bertz CT molecular complexity index is 1020. The lowest BCUT2D eigenvalue weighted by atomic mass is 10.0. The molecule has 0 unspecified atom stereocenters. The highest BCUT2D eigenvalue weighted by atomic mass is 32.2. The highest BCUT2D eigenvalue weighted by molar-refractivity contribution is 7.90. The molecule has 1 aromatic carbocycles. The zero-order chi connectivity index (χ0) is 20.4. The van der Waals surface area contributed by atoms with Gasteiger partial charge in [0.2, 0.25) is 0 Å². The summed E-state index contributed by atoms with van der Waals surface area (Å²) < 4.78 is 28.8. The van der Waals surface area contributed by atoms with Crippen molar-refractivity contribution in [1.29, 1.82) is 0 Å². The molecule has 0 saturated heterocycles. The lowest BCUT2D eigenvalue weighted by Crippen LogP contribution is -2.23. The largest absolute Gasteiger partial charge is 0.427 e. The Morgan fingerprint density at radius 1 is 1.15 bits per heavy atom. The molecule has 0 saturated carbocycles. The third-order valence-electron chi connectivity index (χ3n) is 4.28. The molecule has 0 bridgehead atoms. The van der Waals surface area contributed by atoms with Crippen molar-refractivity contribution in [3.05, 3.63) is 57.1 Å². The second kappa shape index (κ2) is 8.08. The Kier molecular flexibility index (Phi) is 6.26. The van der Waals surface area contributed by atoms with E-state index in [0.717, 1.165) is 12.7 Å². The van der Waals surface area contributed by atoms with Gasteiger partial charge in [-0.2, -0.15) is 0 Å². The molecule has 0 atom stereocenters. The number of benzene rings is 1. The summed E-state index contributed by atoms with van der Waals surface area (Å²) in [7, 11) is -3.41. The first-order chi connectivity index (χ1) is 12.5. The van der Waals surface area contributed by atoms with Crippen LogP contribution in [0.3, 0.4) is 0 Å². The van der Waals surface area contributed by atoms with Crippen molar-refractivity contribution in [3.8, 4) is 0 Å². The monoisotopic (exact) mass is 391 g/mol. The molecule has 1 N–H and O–H groups in total. The van der Waals surface area contributed by atoms with Gasteiger partial charge in [0.15, 0.2) is 9.84 Å². The maximum absolute atomic E-state index is 12.6. The van der Waals surface area contributed by atoms with Crippen molar-refractivity contribution in [2.45, 2.75) is 45.4 Å². The fourth-order valence-electron chi connectivity index (χ4n) is 2.65. The second-order valence-electron chi connectivity index (χ2n) is 7.19. The van der Waals surface area contributed by atoms with Crippen LogP contribution in [0.2, 0.25) is 0 Å². The van der Waals surface area contributed by atoms with E-state index in [0.29, 0.717) is 34.9 Å². The summed E-state index contributed by atoms with van der Waals surface area (Å²) in [4.78, 5) is 25.0. The van der Waals surface area contributed by atoms with Crippen LogP contribution in [0.15, 0.2) is 38.4 Å². The number of amides is 1. The van der Waals surface area contributed by atoms with Crippen LogP contribution in [0.4, 0.5) is 5.69 Å². The fourth-order valence-corrected chi connectivity index (χ4v) is 3.30. The van der Waals surface area contributed by atoms with E-state index >= 15 is 0 Å². The quantitative estimate of drug-likeness (QED) is 0.813. The molecule has 2 aromatic rings. The predicted octanol–water partition coefficient (Wildman–Crippen LogP) is 3.50. The van der Waals surface area contributed by atoms with Crippen LogP contribution in [0.5, 0.6) is 0 Å². The van der Waals surface area contributed by atoms with Crippen molar-refractivity contribution < 1.29 is 17.6 Å². The Balaban J connectivity index is 2.33. The van der Waals surface area contributed by atoms with Gasteiger partial charge in [-0.15, -0.1) is 0 Å². The molecule has 1 heterocycles. The zero-order valence-electron chi connectivity index (χ0n) is 16.3. The first kappa shape index (κ1) is 20.9. The van der Waals surface area contributed by atoms with E-state index in [1.165, 1.54) is 12.1 Å². The van der Waals surface area contributed by atoms with E-state index in [9.17, 15) is 18.0 Å². The third-order valence-corrected chi connectivity index (χ3v) is 5.39. The molecule has 0 fully saturated rings. The Hall–Kier alpha value is -2.41. The summed E-state index contributed by atoms with van der Waals surface area (Å²) >= 11 is 0. The van der Waals surface area contributed by atoms with E-state index in [1.54, 1.807) is 26.0 Å². The molecule has 146 valence electrons. The van der Waals surface area contributed by atoms with Crippen molar-refractivity contribution >= 4 is 21.4 Å². The van der Waals surface area contributed by atoms with E-state index in [4.69, 9.17) is 4.42 Å². The summed E-state index contributed by atoms with van der Waals surface area (Å²) in [5, 5.41) is 2.63. The highest BCUT2D eigenvalue weighted by Gasteiger charge is 2.19. The van der Waals surface area contributed by atoms with Gasteiger partial charge in [-0.1, -0.05) is 19.9 Å². The van der Waals surface area contributed by atoms with Gasteiger partial charge in [-0.05, 0) is 55.5 Å². The molecule has 2 rings (SSSR count). The van der Waals surface area contributed by atoms with Crippen LogP contribution in [0.1, 0.15) is 47.5 Å². The lowest BCUT2D eigenvalue weighted by molar-refractivity contribution is 0.102. The smallest absolute Gasteiger partial charge is 0.349 e. The van der Waals surface area contributed by atoms with Gasteiger partial charge in [0, 0.05) is 18.4 Å². The molecule has 27 heavy (non-hydrogen) atoms. The number of anilines is 1. The molecular formula is C20H25NO5S. The van der Waals surface area contributed by atoms with Crippen LogP contribution in [0, 0.1) is 19.8 Å². The Morgan fingerprint density at radius 3 is 2.37 bits per heavy atom. The van der Waals surface area contributed by atoms with E-state index in [2.05, 4.69) is 19.2 Å². The van der Waals surface area contributed by atoms with E-state index < -0.39 is 21.4 Å². The van der Waals surface area contributed by atoms with Gasteiger partial charge in [0.25, 0.3) is 5.91 Å². The normalized spacial score (nSPS) is 11.6. The summed E-state index contributed by atoms with van der Waals surface area (Å²) in [5.74, 6) is 0.409. The summed E-state index contributed by atoms with van der Waals surface area (Å²) in [5.41, 5.74) is 0.784. The number of hydrogen-bond acceptors (Lipinski definition) is 5. The average Bonchev–Trinajstić information content (AvgIpc) is 2.53. The molecule has 7 heteroatoms. The number of nitrogens with one attached hydrogen (secondary N) is 1. The van der Waals surface area contributed by atoms with Crippen LogP contribution in [0.25, 0.3) is 0 Å². The van der Waals surface area contributed by atoms with Gasteiger partial charge in [-0.25, -0.2) is 13.2 Å². The summed E-state index contributed by atoms with van der Waals surface area (Å²) in [6.45, 7) is 7.59. The maximum Gasteiger partial charge on any atom is 0.349 e. The van der Waals surface area contributed by atoms with Crippen LogP contribution >= 0.6 is 0 Å². The van der Waals surface area contributed by atoms with Crippen molar-refractivity contribution in [3.63, 3.8) is 0 Å². The molecule has 6 nitrogen and oxygen atoms in total. The maximum atomic E-state index is 12.6. The number of aryl methyl sites for hydroxylation is 3. The van der Waals surface area contributed by atoms with Crippen molar-refractivity contribution in [1.82, 2.24) is 0 Å². The molecular weight excluding hydrogens is 366 g/mol. The van der Waals surface area contributed by atoms with Gasteiger partial charge >= 0.3 is 5.63 Å². The molecule has 0 spiro atoms. The van der Waals surface area contributed by atoms with Crippen molar-refractivity contribution in [2.75, 3.05) is 11.6 Å². The minimum Gasteiger partial charge on any atom is -0.427 e. The molecule has 0 aliphatic rings. The fraction of sp³-hybridized carbons (Fsp3) is 0.400. The number of rotatable bonds is 6. The summed E-state index contributed by atoms with van der Waals surface area (Å²) in [6.07, 6.45) is 2.61.